The van der Waals surface area contributed by atoms with E-state index >= 15 is 0 Å². The number of anilines is 2. The second-order valence-corrected chi connectivity index (χ2v) is 4.61. The number of rotatable bonds is 4. The van der Waals surface area contributed by atoms with Crippen LogP contribution in [0.25, 0.3) is 0 Å². The lowest BCUT2D eigenvalue weighted by atomic mass is 10.2. The molecule has 2 heterocycles. The van der Waals surface area contributed by atoms with Crippen molar-refractivity contribution in [1.29, 1.82) is 0 Å². The number of nitrogen functional groups attached to an aromatic ring is 1. The van der Waals surface area contributed by atoms with Crippen LogP contribution in [0.1, 0.15) is 17.1 Å². The van der Waals surface area contributed by atoms with Crippen molar-refractivity contribution in [2.75, 3.05) is 17.4 Å². The average Bonchev–Trinajstić information content (AvgIpc) is 2.82. The van der Waals surface area contributed by atoms with Crippen molar-refractivity contribution in [3.8, 4) is 0 Å². The number of aromatic nitrogens is 1. The largest absolute Gasteiger partial charge is 0.464 e. The third kappa shape index (κ3) is 3.66. The molecule has 0 saturated heterocycles. The van der Waals surface area contributed by atoms with Crippen molar-refractivity contribution in [3.05, 3.63) is 41.3 Å². The second kappa shape index (κ2) is 5.65. The summed E-state index contributed by atoms with van der Waals surface area (Å²) in [5.74, 6) is 6.63. The number of nitrogens with zero attached hydrogens (tertiary/aromatic N) is 2. The lowest BCUT2D eigenvalue weighted by Gasteiger charge is -2.19. The predicted molar refractivity (Wildman–Crippen MR) is 72.6 cm³/mol. The topological polar surface area (TPSA) is 67.3 Å². The highest BCUT2D eigenvalue weighted by Crippen LogP contribution is 2.32. The highest BCUT2D eigenvalue weighted by Gasteiger charge is 2.32. The third-order valence-electron chi connectivity index (χ3n) is 2.87. The summed E-state index contributed by atoms with van der Waals surface area (Å²) in [5, 5.41) is 0. The number of aryl methyl sites for hydroxylation is 1. The summed E-state index contributed by atoms with van der Waals surface area (Å²) in [5.41, 5.74) is 1.32. The number of furan rings is 1. The Morgan fingerprint density at radius 2 is 2.05 bits per heavy atom. The van der Waals surface area contributed by atoms with Gasteiger partial charge >= 0.3 is 6.18 Å². The van der Waals surface area contributed by atoms with Gasteiger partial charge in [0.05, 0.1) is 12.1 Å². The van der Waals surface area contributed by atoms with Crippen LogP contribution in [0.5, 0.6) is 0 Å². The highest BCUT2D eigenvalue weighted by atomic mass is 19.4. The van der Waals surface area contributed by atoms with E-state index < -0.39 is 11.7 Å². The van der Waals surface area contributed by atoms with Crippen LogP contribution in [0, 0.1) is 6.92 Å². The maximum absolute atomic E-state index is 12.8. The van der Waals surface area contributed by atoms with E-state index in [0.717, 1.165) is 17.9 Å². The van der Waals surface area contributed by atoms with Crippen LogP contribution in [-0.4, -0.2) is 12.0 Å². The molecule has 21 heavy (non-hydrogen) atoms. The van der Waals surface area contributed by atoms with Crippen LogP contribution in [0.15, 0.2) is 28.7 Å². The van der Waals surface area contributed by atoms with E-state index in [1.165, 1.54) is 0 Å². The van der Waals surface area contributed by atoms with Crippen LogP contribution in [0.4, 0.5) is 24.8 Å². The molecule has 0 aliphatic heterocycles. The van der Waals surface area contributed by atoms with Gasteiger partial charge < -0.3 is 14.7 Å². The minimum atomic E-state index is -4.47. The normalized spacial score (nSPS) is 11.5. The van der Waals surface area contributed by atoms with Gasteiger partial charge in [-0.25, -0.2) is 10.8 Å². The van der Waals surface area contributed by atoms with Crippen LogP contribution in [0.3, 0.4) is 0 Å². The molecule has 0 aromatic carbocycles. The number of nitrogens with two attached hydrogens (primary N) is 1. The van der Waals surface area contributed by atoms with Gasteiger partial charge in [-0.2, -0.15) is 13.2 Å². The molecular formula is C13H15F3N4O. The van der Waals surface area contributed by atoms with E-state index in [1.54, 1.807) is 31.0 Å². The summed E-state index contributed by atoms with van der Waals surface area (Å²) >= 11 is 0. The molecule has 2 aromatic rings. The fourth-order valence-corrected chi connectivity index (χ4v) is 1.83. The smallest absolute Gasteiger partial charge is 0.416 e. The van der Waals surface area contributed by atoms with Gasteiger partial charge in [-0.1, -0.05) is 0 Å². The van der Waals surface area contributed by atoms with Gasteiger partial charge in [0, 0.05) is 7.05 Å². The molecule has 2 rings (SSSR count). The molecule has 0 bridgehead atoms. The molecule has 0 aliphatic carbocycles. The SMILES string of the molecule is Cc1ccc(CN(C)c2cc(C(F)(F)F)cc(NN)n2)o1. The van der Waals surface area contributed by atoms with Crippen molar-refractivity contribution in [1.82, 2.24) is 4.98 Å². The first kappa shape index (κ1) is 15.2. The molecule has 0 fully saturated rings. The van der Waals surface area contributed by atoms with Crippen LogP contribution in [-0.2, 0) is 12.7 Å². The molecule has 0 unspecified atom stereocenters. The first-order valence-electron chi connectivity index (χ1n) is 6.12. The second-order valence-electron chi connectivity index (χ2n) is 4.61. The van der Waals surface area contributed by atoms with E-state index in [9.17, 15) is 13.2 Å². The highest BCUT2D eigenvalue weighted by molar-refractivity contribution is 5.50. The van der Waals surface area contributed by atoms with Gasteiger partial charge in [0.2, 0.25) is 0 Å². The lowest BCUT2D eigenvalue weighted by molar-refractivity contribution is -0.137. The molecule has 8 heteroatoms. The minimum Gasteiger partial charge on any atom is -0.464 e. The Bertz CT molecular complexity index is 624. The standard InChI is InChI=1S/C13H15F3N4O/c1-8-3-4-10(21-8)7-20(2)12-6-9(13(14,15)16)5-11(18-12)19-17/h3-6H,7,17H2,1-2H3,(H,18,19). The summed E-state index contributed by atoms with van der Waals surface area (Å²) in [6, 6.07) is 5.38. The molecule has 114 valence electrons. The number of hydrogen-bond acceptors (Lipinski definition) is 5. The van der Waals surface area contributed by atoms with Crippen molar-refractivity contribution in [2.24, 2.45) is 5.84 Å². The Balaban J connectivity index is 2.29. The van der Waals surface area contributed by atoms with E-state index in [-0.39, 0.29) is 11.6 Å². The number of halogens is 3. The Morgan fingerprint density at radius 3 is 2.57 bits per heavy atom. The zero-order chi connectivity index (χ0) is 15.6. The van der Waals surface area contributed by atoms with Gasteiger partial charge in [-0.05, 0) is 31.2 Å². The number of nitrogens with one attached hydrogen (secondary N) is 1. The van der Waals surface area contributed by atoms with E-state index in [1.807, 2.05) is 0 Å². The predicted octanol–water partition coefficient (Wildman–Crippen LogP) is 2.92. The van der Waals surface area contributed by atoms with E-state index in [2.05, 4.69) is 10.4 Å². The molecule has 5 nitrogen and oxygen atoms in total. The average molecular weight is 300 g/mol. The summed E-state index contributed by atoms with van der Waals surface area (Å²) in [7, 11) is 1.63. The number of hydrazine groups is 1. The molecule has 0 spiro atoms. The summed E-state index contributed by atoms with van der Waals surface area (Å²) in [6.07, 6.45) is -4.47. The summed E-state index contributed by atoms with van der Waals surface area (Å²) in [6.45, 7) is 2.09. The fraction of sp³-hybridized carbons (Fsp3) is 0.308. The van der Waals surface area contributed by atoms with Gasteiger partial charge in [0.25, 0.3) is 0 Å². The molecule has 3 N–H and O–H groups in total. The lowest BCUT2D eigenvalue weighted by Crippen LogP contribution is -2.20. The third-order valence-corrected chi connectivity index (χ3v) is 2.87. The molecule has 0 atom stereocenters. The zero-order valence-electron chi connectivity index (χ0n) is 11.5. The molecule has 2 aromatic heterocycles. The molecule has 0 radical (unpaired) electrons. The molecule has 0 aliphatic rings. The summed E-state index contributed by atoms with van der Waals surface area (Å²) < 4.78 is 43.9. The number of pyridine rings is 1. The number of alkyl halides is 3. The van der Waals surface area contributed by atoms with Gasteiger partial charge in [0.15, 0.2) is 0 Å². The quantitative estimate of drug-likeness (QED) is 0.671. The summed E-state index contributed by atoms with van der Waals surface area (Å²) in [4.78, 5) is 5.57. The van der Waals surface area contributed by atoms with Gasteiger partial charge in [0.1, 0.15) is 23.2 Å². The van der Waals surface area contributed by atoms with Crippen LogP contribution < -0.4 is 16.2 Å². The maximum atomic E-state index is 12.8. The first-order valence-corrected chi connectivity index (χ1v) is 6.12. The van der Waals surface area contributed by atoms with Crippen LogP contribution >= 0.6 is 0 Å². The Morgan fingerprint density at radius 1 is 1.33 bits per heavy atom. The van der Waals surface area contributed by atoms with Crippen molar-refractivity contribution in [2.45, 2.75) is 19.6 Å². The Kier molecular flexibility index (Phi) is 4.08. The molecule has 0 amide bonds. The van der Waals surface area contributed by atoms with E-state index in [0.29, 0.717) is 12.3 Å². The van der Waals surface area contributed by atoms with Gasteiger partial charge in [-0.3, -0.25) is 0 Å². The van der Waals surface area contributed by atoms with Crippen molar-refractivity contribution >= 4 is 11.6 Å². The van der Waals surface area contributed by atoms with Crippen LogP contribution in [0.2, 0.25) is 0 Å². The first-order chi connectivity index (χ1) is 9.79. The molecule has 0 saturated carbocycles. The zero-order valence-corrected chi connectivity index (χ0v) is 11.5. The van der Waals surface area contributed by atoms with E-state index in [4.69, 9.17) is 10.3 Å². The minimum absolute atomic E-state index is 0.0534. The molecular weight excluding hydrogens is 285 g/mol. The van der Waals surface area contributed by atoms with Crippen molar-refractivity contribution < 1.29 is 17.6 Å². The van der Waals surface area contributed by atoms with Crippen molar-refractivity contribution in [3.63, 3.8) is 0 Å². The monoisotopic (exact) mass is 300 g/mol. The fourth-order valence-electron chi connectivity index (χ4n) is 1.83. The Hall–Kier alpha value is -2.22. The maximum Gasteiger partial charge on any atom is 0.416 e. The van der Waals surface area contributed by atoms with Gasteiger partial charge in [-0.15, -0.1) is 0 Å². The Labute approximate surface area is 119 Å². The number of hydrogen-bond donors (Lipinski definition) is 2.